The Morgan fingerprint density at radius 2 is 1.69 bits per heavy atom. The summed E-state index contributed by atoms with van der Waals surface area (Å²) >= 11 is 0. The number of nitrogens with two attached hydrogens (primary N) is 1. The number of carboxylic acids is 1. The molecule has 3 heteroatoms. The van der Waals surface area contributed by atoms with Gasteiger partial charge < -0.3 is 10.8 Å². The summed E-state index contributed by atoms with van der Waals surface area (Å²) in [6, 6.07) is 0. The molecule has 1 aliphatic carbocycles. The third-order valence-corrected chi connectivity index (χ3v) is 4.67. The molecule has 0 atom stereocenters. The third-order valence-electron chi connectivity index (χ3n) is 4.67. The molecule has 3 N–H and O–H groups in total. The number of rotatable bonds is 5. The van der Waals surface area contributed by atoms with Crippen molar-refractivity contribution in [3.05, 3.63) is 0 Å². The lowest BCUT2D eigenvalue weighted by atomic mass is 9.44. The van der Waals surface area contributed by atoms with E-state index in [2.05, 4.69) is 27.7 Å². The molecule has 0 amide bonds. The van der Waals surface area contributed by atoms with Gasteiger partial charge in [0.15, 0.2) is 0 Å². The molecule has 0 aliphatic heterocycles. The van der Waals surface area contributed by atoms with Gasteiger partial charge in [-0.15, -0.1) is 0 Å². The molecule has 16 heavy (non-hydrogen) atoms. The first-order valence-electron chi connectivity index (χ1n) is 6.20. The number of aliphatic carboxylic acids is 1. The molecule has 94 valence electrons. The zero-order chi connectivity index (χ0) is 12.6. The SMILES string of the molecule is CC(C)C1(C(C)C)CC(CN)(CC(=O)O)C1. The van der Waals surface area contributed by atoms with Gasteiger partial charge in [-0.05, 0) is 42.1 Å². The molecule has 1 saturated carbocycles. The normalized spacial score (nSPS) is 22.2. The predicted molar refractivity (Wildman–Crippen MR) is 65.1 cm³/mol. The van der Waals surface area contributed by atoms with E-state index >= 15 is 0 Å². The van der Waals surface area contributed by atoms with Gasteiger partial charge >= 0.3 is 5.97 Å². The van der Waals surface area contributed by atoms with Crippen LogP contribution in [-0.2, 0) is 4.79 Å². The third kappa shape index (κ3) is 2.10. The fraction of sp³-hybridized carbons (Fsp3) is 0.923. The second-order valence-corrected chi connectivity index (χ2v) is 6.17. The van der Waals surface area contributed by atoms with Crippen LogP contribution in [0.2, 0.25) is 0 Å². The van der Waals surface area contributed by atoms with E-state index < -0.39 is 5.97 Å². The first kappa shape index (κ1) is 13.5. The van der Waals surface area contributed by atoms with E-state index in [1.807, 2.05) is 0 Å². The Kier molecular flexibility index (Phi) is 3.68. The van der Waals surface area contributed by atoms with Gasteiger partial charge in [-0.25, -0.2) is 0 Å². The van der Waals surface area contributed by atoms with Crippen molar-refractivity contribution in [3.8, 4) is 0 Å². The second kappa shape index (κ2) is 4.36. The number of carbonyl (C=O) groups is 1. The van der Waals surface area contributed by atoms with Crippen LogP contribution in [-0.4, -0.2) is 17.6 Å². The van der Waals surface area contributed by atoms with Gasteiger partial charge in [-0.1, -0.05) is 27.7 Å². The minimum absolute atomic E-state index is 0.139. The average molecular weight is 227 g/mol. The fourth-order valence-corrected chi connectivity index (χ4v) is 3.49. The van der Waals surface area contributed by atoms with Crippen LogP contribution >= 0.6 is 0 Å². The van der Waals surface area contributed by atoms with Crippen LogP contribution in [0.3, 0.4) is 0 Å². The summed E-state index contributed by atoms with van der Waals surface area (Å²) in [4.78, 5) is 10.9. The Balaban J connectivity index is 2.77. The largest absolute Gasteiger partial charge is 0.481 e. The molecule has 0 heterocycles. The van der Waals surface area contributed by atoms with Gasteiger partial charge in [0, 0.05) is 0 Å². The number of carboxylic acid groups (broad SMARTS) is 1. The molecule has 0 saturated heterocycles. The van der Waals surface area contributed by atoms with Crippen molar-refractivity contribution in [3.63, 3.8) is 0 Å². The smallest absolute Gasteiger partial charge is 0.303 e. The van der Waals surface area contributed by atoms with Crippen LogP contribution in [0.5, 0.6) is 0 Å². The summed E-state index contributed by atoms with van der Waals surface area (Å²) in [7, 11) is 0. The second-order valence-electron chi connectivity index (χ2n) is 6.17. The molecular weight excluding hydrogens is 202 g/mol. The maximum atomic E-state index is 10.9. The van der Waals surface area contributed by atoms with Gasteiger partial charge in [0.05, 0.1) is 6.42 Å². The highest BCUT2D eigenvalue weighted by molar-refractivity contribution is 5.68. The molecule has 0 bridgehead atoms. The maximum absolute atomic E-state index is 10.9. The van der Waals surface area contributed by atoms with Crippen molar-refractivity contribution in [2.24, 2.45) is 28.4 Å². The summed E-state index contributed by atoms with van der Waals surface area (Å²) in [6.07, 6.45) is 2.17. The Hall–Kier alpha value is -0.570. The highest BCUT2D eigenvalue weighted by Crippen LogP contribution is 2.62. The molecule has 0 aromatic carbocycles. The number of hydrogen-bond donors (Lipinski definition) is 2. The van der Waals surface area contributed by atoms with Crippen molar-refractivity contribution in [1.82, 2.24) is 0 Å². The van der Waals surface area contributed by atoms with E-state index in [0.29, 0.717) is 23.8 Å². The summed E-state index contributed by atoms with van der Waals surface area (Å²) in [6.45, 7) is 9.45. The van der Waals surface area contributed by atoms with Gasteiger partial charge in [-0.2, -0.15) is 0 Å². The van der Waals surface area contributed by atoms with Gasteiger partial charge in [0.1, 0.15) is 0 Å². The summed E-state index contributed by atoms with van der Waals surface area (Å²) in [5.74, 6) is 0.480. The van der Waals surface area contributed by atoms with Crippen LogP contribution in [0.4, 0.5) is 0 Å². The lowest BCUT2D eigenvalue weighted by Crippen LogP contribution is -2.56. The van der Waals surface area contributed by atoms with E-state index in [4.69, 9.17) is 10.8 Å². The lowest BCUT2D eigenvalue weighted by Gasteiger charge is -2.60. The summed E-state index contributed by atoms with van der Waals surface area (Å²) < 4.78 is 0. The number of hydrogen-bond acceptors (Lipinski definition) is 2. The van der Waals surface area contributed by atoms with E-state index in [0.717, 1.165) is 12.8 Å². The first-order valence-corrected chi connectivity index (χ1v) is 6.20. The molecule has 3 nitrogen and oxygen atoms in total. The molecule has 0 aromatic heterocycles. The molecular formula is C13H25NO2. The molecule has 1 rings (SSSR count). The van der Waals surface area contributed by atoms with Crippen molar-refractivity contribution in [2.75, 3.05) is 6.54 Å². The van der Waals surface area contributed by atoms with E-state index in [-0.39, 0.29) is 11.8 Å². The Morgan fingerprint density at radius 3 is 1.94 bits per heavy atom. The van der Waals surface area contributed by atoms with Crippen molar-refractivity contribution < 1.29 is 9.90 Å². The zero-order valence-corrected chi connectivity index (χ0v) is 10.9. The Labute approximate surface area is 98.4 Å². The first-order chi connectivity index (χ1) is 7.28. The van der Waals surface area contributed by atoms with Crippen LogP contribution in [0, 0.1) is 22.7 Å². The molecule has 1 fully saturated rings. The summed E-state index contributed by atoms with van der Waals surface area (Å²) in [5.41, 5.74) is 5.94. The van der Waals surface area contributed by atoms with Gasteiger partial charge in [0.25, 0.3) is 0 Å². The average Bonchev–Trinajstić information content (AvgIpc) is 2.08. The van der Waals surface area contributed by atoms with Crippen LogP contribution in [0.15, 0.2) is 0 Å². The van der Waals surface area contributed by atoms with Gasteiger partial charge in [-0.3, -0.25) is 4.79 Å². The topological polar surface area (TPSA) is 63.3 Å². The standard InChI is InChI=1S/C13H25NO2/c1-9(2)13(10(3)4)6-12(7-13,8-14)5-11(15)16/h9-10H,5-8,14H2,1-4H3,(H,15,16). The highest BCUT2D eigenvalue weighted by atomic mass is 16.4. The Bertz CT molecular complexity index is 255. The van der Waals surface area contributed by atoms with Crippen molar-refractivity contribution >= 4 is 5.97 Å². The van der Waals surface area contributed by atoms with Gasteiger partial charge in [0.2, 0.25) is 0 Å². The summed E-state index contributed by atoms with van der Waals surface area (Å²) in [5, 5.41) is 8.94. The van der Waals surface area contributed by atoms with Crippen LogP contribution < -0.4 is 5.73 Å². The maximum Gasteiger partial charge on any atom is 0.303 e. The molecule has 0 unspecified atom stereocenters. The minimum Gasteiger partial charge on any atom is -0.481 e. The predicted octanol–water partition coefficient (Wildman–Crippen LogP) is 2.50. The van der Waals surface area contributed by atoms with E-state index in [1.165, 1.54) is 0 Å². The molecule has 1 aliphatic rings. The molecule has 0 aromatic rings. The van der Waals surface area contributed by atoms with Crippen LogP contribution in [0.1, 0.15) is 47.0 Å². The Morgan fingerprint density at radius 1 is 1.25 bits per heavy atom. The zero-order valence-electron chi connectivity index (χ0n) is 10.9. The molecule has 0 spiro atoms. The minimum atomic E-state index is -0.716. The van der Waals surface area contributed by atoms with E-state index in [9.17, 15) is 4.79 Å². The quantitative estimate of drug-likeness (QED) is 0.758. The van der Waals surface area contributed by atoms with Crippen molar-refractivity contribution in [1.29, 1.82) is 0 Å². The highest BCUT2D eigenvalue weighted by Gasteiger charge is 2.56. The monoisotopic (exact) mass is 227 g/mol. The van der Waals surface area contributed by atoms with Crippen LogP contribution in [0.25, 0.3) is 0 Å². The lowest BCUT2D eigenvalue weighted by molar-refractivity contribution is -0.152. The van der Waals surface area contributed by atoms with E-state index in [1.54, 1.807) is 0 Å². The van der Waals surface area contributed by atoms with Crippen molar-refractivity contribution in [2.45, 2.75) is 47.0 Å². The molecule has 0 radical (unpaired) electrons. The fourth-order valence-electron chi connectivity index (χ4n) is 3.49.